The number of nitrogens with one attached hydrogen (secondary N) is 1. The molecule has 4 rings (SSSR count). The first-order valence-corrected chi connectivity index (χ1v) is 12.0. The van der Waals surface area contributed by atoms with Crippen molar-refractivity contribution in [1.82, 2.24) is 10.2 Å². The molecule has 0 saturated carbocycles. The first-order chi connectivity index (χ1) is 16.3. The van der Waals surface area contributed by atoms with Gasteiger partial charge in [0.2, 0.25) is 5.91 Å². The first-order valence-electron chi connectivity index (χ1n) is 12.0. The topological polar surface area (TPSA) is 95.9 Å². The minimum Gasteiger partial charge on any atom is -0.481 e. The predicted molar refractivity (Wildman–Crippen MR) is 128 cm³/mol. The van der Waals surface area contributed by atoms with Crippen LogP contribution in [0.25, 0.3) is 11.1 Å². The van der Waals surface area contributed by atoms with Gasteiger partial charge in [-0.1, -0.05) is 62.4 Å². The van der Waals surface area contributed by atoms with Crippen LogP contribution in [0, 0.1) is 11.8 Å². The van der Waals surface area contributed by atoms with Crippen LogP contribution in [-0.2, 0) is 14.3 Å². The molecule has 0 aromatic heterocycles. The average molecular weight is 465 g/mol. The van der Waals surface area contributed by atoms with Crippen LogP contribution in [-0.4, -0.2) is 53.7 Å². The minimum absolute atomic E-state index is 0.0575. The third-order valence-corrected chi connectivity index (χ3v) is 6.82. The van der Waals surface area contributed by atoms with Crippen molar-refractivity contribution in [3.63, 3.8) is 0 Å². The molecule has 1 fully saturated rings. The number of carbonyl (C=O) groups is 3. The Bertz CT molecular complexity index is 1020. The fraction of sp³-hybridized carbons (Fsp3) is 0.444. The van der Waals surface area contributed by atoms with Gasteiger partial charge >= 0.3 is 12.1 Å². The summed E-state index contributed by atoms with van der Waals surface area (Å²) in [5.74, 6) is -1.37. The van der Waals surface area contributed by atoms with E-state index in [4.69, 9.17) is 4.74 Å². The van der Waals surface area contributed by atoms with Crippen LogP contribution < -0.4 is 5.32 Å². The molecule has 0 spiro atoms. The number of fused-ring (bicyclic) bond motifs is 3. The van der Waals surface area contributed by atoms with Gasteiger partial charge in [0.05, 0.1) is 5.92 Å². The summed E-state index contributed by atoms with van der Waals surface area (Å²) in [6.45, 7) is 4.87. The molecule has 1 aliphatic heterocycles. The van der Waals surface area contributed by atoms with E-state index in [2.05, 4.69) is 43.4 Å². The largest absolute Gasteiger partial charge is 0.481 e. The standard InChI is InChI=1S/C27H32N2O5/c1-17(2)11-12-24(25(30)29-14-13-18(15-29)26(31)32)28-27(33)34-16-23-21-9-5-3-7-19(21)20-8-4-6-10-22(20)23/h3-10,17-18,23-24H,11-16H2,1-2H3,(H,28,33)(H,31,32). The molecule has 2 aliphatic rings. The van der Waals surface area contributed by atoms with E-state index >= 15 is 0 Å². The lowest BCUT2D eigenvalue weighted by Crippen LogP contribution is -2.48. The van der Waals surface area contributed by atoms with Crippen molar-refractivity contribution in [2.75, 3.05) is 19.7 Å². The molecule has 34 heavy (non-hydrogen) atoms. The summed E-state index contributed by atoms with van der Waals surface area (Å²) in [6, 6.07) is 15.5. The molecule has 7 nitrogen and oxygen atoms in total. The Hall–Kier alpha value is -3.35. The fourth-order valence-corrected chi connectivity index (χ4v) is 4.92. The van der Waals surface area contributed by atoms with Gasteiger partial charge in [0.25, 0.3) is 0 Å². The lowest BCUT2D eigenvalue weighted by molar-refractivity contribution is -0.141. The Balaban J connectivity index is 1.41. The van der Waals surface area contributed by atoms with Gasteiger partial charge in [0, 0.05) is 19.0 Å². The van der Waals surface area contributed by atoms with Crippen molar-refractivity contribution in [3.8, 4) is 11.1 Å². The second-order valence-corrected chi connectivity index (χ2v) is 9.60. The highest BCUT2D eigenvalue weighted by atomic mass is 16.5. The van der Waals surface area contributed by atoms with Gasteiger partial charge in [0.15, 0.2) is 0 Å². The van der Waals surface area contributed by atoms with E-state index in [1.54, 1.807) is 4.90 Å². The van der Waals surface area contributed by atoms with Crippen molar-refractivity contribution in [1.29, 1.82) is 0 Å². The maximum Gasteiger partial charge on any atom is 0.407 e. The number of nitrogens with zero attached hydrogens (tertiary/aromatic N) is 1. The van der Waals surface area contributed by atoms with Crippen LogP contribution in [0.3, 0.4) is 0 Å². The van der Waals surface area contributed by atoms with Gasteiger partial charge in [-0.2, -0.15) is 0 Å². The molecule has 0 radical (unpaired) electrons. The van der Waals surface area contributed by atoms with Gasteiger partial charge in [-0.05, 0) is 47.4 Å². The molecule has 7 heteroatoms. The number of carboxylic acid groups (broad SMARTS) is 1. The highest BCUT2D eigenvalue weighted by Gasteiger charge is 2.35. The smallest absolute Gasteiger partial charge is 0.407 e. The van der Waals surface area contributed by atoms with Crippen molar-refractivity contribution in [3.05, 3.63) is 59.7 Å². The summed E-state index contributed by atoms with van der Waals surface area (Å²) < 4.78 is 5.63. The Labute approximate surface area is 200 Å². The zero-order chi connectivity index (χ0) is 24.2. The Morgan fingerprint density at radius 2 is 1.65 bits per heavy atom. The number of carboxylic acids is 1. The maximum absolute atomic E-state index is 13.1. The summed E-state index contributed by atoms with van der Waals surface area (Å²) >= 11 is 0. The van der Waals surface area contributed by atoms with E-state index in [1.807, 2.05) is 24.3 Å². The van der Waals surface area contributed by atoms with Gasteiger partial charge in [-0.15, -0.1) is 0 Å². The van der Waals surface area contributed by atoms with Crippen LogP contribution in [0.1, 0.15) is 50.2 Å². The first kappa shape index (κ1) is 23.8. The summed E-state index contributed by atoms with van der Waals surface area (Å²) in [5.41, 5.74) is 4.56. The molecule has 2 aromatic rings. The highest BCUT2D eigenvalue weighted by molar-refractivity contribution is 5.86. The van der Waals surface area contributed by atoms with Gasteiger partial charge in [0.1, 0.15) is 12.6 Å². The molecule has 0 bridgehead atoms. The zero-order valence-corrected chi connectivity index (χ0v) is 19.7. The van der Waals surface area contributed by atoms with Gasteiger partial charge in [-0.3, -0.25) is 9.59 Å². The number of ether oxygens (including phenoxy) is 1. The zero-order valence-electron chi connectivity index (χ0n) is 19.7. The van der Waals surface area contributed by atoms with E-state index < -0.39 is 24.0 Å². The maximum atomic E-state index is 13.1. The Morgan fingerprint density at radius 3 is 2.21 bits per heavy atom. The molecule has 1 saturated heterocycles. The predicted octanol–water partition coefficient (Wildman–Crippen LogP) is 4.26. The third-order valence-electron chi connectivity index (χ3n) is 6.82. The molecule has 180 valence electrons. The average Bonchev–Trinajstić information content (AvgIpc) is 3.44. The number of rotatable bonds is 8. The number of hydrogen-bond acceptors (Lipinski definition) is 4. The van der Waals surface area contributed by atoms with E-state index in [0.29, 0.717) is 25.3 Å². The van der Waals surface area contributed by atoms with Gasteiger partial charge in [-0.25, -0.2) is 4.79 Å². The van der Waals surface area contributed by atoms with Crippen molar-refractivity contribution in [2.24, 2.45) is 11.8 Å². The molecular weight excluding hydrogens is 432 g/mol. The molecule has 2 amide bonds. The molecular formula is C27H32N2O5. The summed E-state index contributed by atoms with van der Waals surface area (Å²) in [6.07, 6.45) is 1.05. The van der Waals surface area contributed by atoms with E-state index in [0.717, 1.165) is 28.7 Å². The summed E-state index contributed by atoms with van der Waals surface area (Å²) in [7, 11) is 0. The third kappa shape index (κ3) is 5.08. The second-order valence-electron chi connectivity index (χ2n) is 9.60. The number of hydrogen-bond donors (Lipinski definition) is 2. The van der Waals surface area contributed by atoms with Gasteiger partial charge < -0.3 is 20.1 Å². The molecule has 1 heterocycles. The van der Waals surface area contributed by atoms with Crippen LogP contribution >= 0.6 is 0 Å². The van der Waals surface area contributed by atoms with E-state index in [9.17, 15) is 19.5 Å². The number of aliphatic carboxylic acids is 1. The van der Waals surface area contributed by atoms with Crippen molar-refractivity contribution < 1.29 is 24.2 Å². The molecule has 1 aliphatic carbocycles. The Morgan fingerprint density at radius 1 is 1.03 bits per heavy atom. The molecule has 2 unspecified atom stereocenters. The number of carbonyl (C=O) groups excluding carboxylic acids is 2. The molecule has 2 atom stereocenters. The van der Waals surface area contributed by atoms with Crippen LogP contribution in [0.15, 0.2) is 48.5 Å². The Kier molecular flexibility index (Phi) is 7.20. The minimum atomic E-state index is -0.890. The van der Waals surface area contributed by atoms with Crippen molar-refractivity contribution in [2.45, 2.75) is 45.1 Å². The van der Waals surface area contributed by atoms with E-state index in [-0.39, 0.29) is 25.0 Å². The number of benzene rings is 2. The highest BCUT2D eigenvalue weighted by Crippen LogP contribution is 2.44. The number of amides is 2. The van der Waals surface area contributed by atoms with E-state index in [1.165, 1.54) is 0 Å². The number of alkyl carbamates (subject to hydrolysis) is 1. The lowest BCUT2D eigenvalue weighted by atomic mass is 9.98. The fourth-order valence-electron chi connectivity index (χ4n) is 4.92. The monoisotopic (exact) mass is 464 g/mol. The van der Waals surface area contributed by atoms with Crippen LogP contribution in [0.5, 0.6) is 0 Å². The van der Waals surface area contributed by atoms with Crippen molar-refractivity contribution >= 4 is 18.0 Å². The second kappa shape index (κ2) is 10.3. The lowest BCUT2D eigenvalue weighted by Gasteiger charge is -2.25. The summed E-state index contributed by atoms with van der Waals surface area (Å²) in [4.78, 5) is 38.7. The quantitative estimate of drug-likeness (QED) is 0.609. The SMILES string of the molecule is CC(C)CCC(NC(=O)OCC1c2ccccc2-c2ccccc21)C(=O)N1CCC(C(=O)O)C1. The van der Waals surface area contributed by atoms with Crippen LogP contribution in [0.2, 0.25) is 0 Å². The normalized spacial score (nSPS) is 17.9. The van der Waals surface area contributed by atoms with Crippen LogP contribution in [0.4, 0.5) is 4.79 Å². The number of likely N-dealkylation sites (tertiary alicyclic amines) is 1. The molecule has 2 aromatic carbocycles. The summed E-state index contributed by atoms with van der Waals surface area (Å²) in [5, 5.41) is 12.0. The molecule has 2 N–H and O–H groups in total.